The molecule has 0 spiro atoms. The topological polar surface area (TPSA) is 25.2 Å². The maximum Gasteiger partial charge on any atom is 0.390 e. The largest absolute Gasteiger partial charge is 0.392 e. The molecule has 0 bridgehead atoms. The van der Waals surface area contributed by atoms with E-state index in [2.05, 4.69) is 0 Å². The smallest absolute Gasteiger partial charge is 0.390 e. The van der Waals surface area contributed by atoms with E-state index in [1.807, 2.05) is 0 Å². The minimum absolute atomic E-state index is 0.0658. The number of hydrogen-bond donors (Lipinski definition) is 1. The number of rotatable bonds is 3. The average Bonchev–Trinajstić information content (AvgIpc) is 2.67. The van der Waals surface area contributed by atoms with Gasteiger partial charge in [-0.05, 0) is 29.1 Å². The third-order valence-corrected chi connectivity index (χ3v) is 2.65. The number of aliphatic hydroxyl groups excluding tert-OH is 1. The number of aliphatic hydroxyl groups is 1. The quantitative estimate of drug-likeness (QED) is 0.880. The van der Waals surface area contributed by atoms with E-state index < -0.39 is 12.6 Å². The van der Waals surface area contributed by atoms with Gasteiger partial charge in [0.05, 0.1) is 13.0 Å². The lowest BCUT2D eigenvalue weighted by Gasteiger charge is -2.08. The Morgan fingerprint density at radius 2 is 1.94 bits per heavy atom. The van der Waals surface area contributed by atoms with Crippen molar-refractivity contribution in [1.82, 2.24) is 4.57 Å². The molecule has 0 aliphatic carbocycles. The zero-order chi connectivity index (χ0) is 12.5. The highest BCUT2D eigenvalue weighted by Gasteiger charge is 2.26. The van der Waals surface area contributed by atoms with Crippen molar-refractivity contribution in [3.8, 4) is 0 Å². The van der Waals surface area contributed by atoms with E-state index in [9.17, 15) is 13.2 Å². The van der Waals surface area contributed by atoms with Crippen molar-refractivity contribution in [2.75, 3.05) is 0 Å². The van der Waals surface area contributed by atoms with E-state index in [1.54, 1.807) is 35.0 Å². The molecule has 0 radical (unpaired) electrons. The Morgan fingerprint density at radius 1 is 1.18 bits per heavy atom. The first kappa shape index (κ1) is 12.0. The second kappa shape index (κ2) is 4.41. The van der Waals surface area contributed by atoms with Crippen molar-refractivity contribution >= 4 is 10.9 Å². The van der Waals surface area contributed by atoms with Crippen molar-refractivity contribution in [2.45, 2.75) is 25.7 Å². The maximum absolute atomic E-state index is 12.1. The molecule has 1 N–H and O–H groups in total. The van der Waals surface area contributed by atoms with Gasteiger partial charge in [0.15, 0.2) is 0 Å². The van der Waals surface area contributed by atoms with Gasteiger partial charge < -0.3 is 9.67 Å². The van der Waals surface area contributed by atoms with Gasteiger partial charge in [0.25, 0.3) is 0 Å². The molecule has 17 heavy (non-hydrogen) atoms. The summed E-state index contributed by atoms with van der Waals surface area (Å²) in [4.78, 5) is 0. The van der Waals surface area contributed by atoms with Crippen LogP contribution < -0.4 is 0 Å². The van der Waals surface area contributed by atoms with Gasteiger partial charge >= 0.3 is 6.18 Å². The molecule has 2 nitrogen and oxygen atoms in total. The van der Waals surface area contributed by atoms with Crippen LogP contribution in [0, 0.1) is 0 Å². The van der Waals surface area contributed by atoms with Crippen molar-refractivity contribution < 1.29 is 18.3 Å². The standard InChI is InChI=1S/C12H12F3NO/c13-12(14,15)4-6-16-5-3-10-7-9(8-17)1-2-11(10)16/h1-3,5,7,17H,4,6,8H2. The molecule has 2 rings (SSSR count). The van der Waals surface area contributed by atoms with Crippen LogP contribution in [-0.4, -0.2) is 15.8 Å². The summed E-state index contributed by atoms with van der Waals surface area (Å²) in [7, 11) is 0. The second-order valence-electron chi connectivity index (χ2n) is 3.93. The fourth-order valence-electron chi connectivity index (χ4n) is 1.79. The van der Waals surface area contributed by atoms with Gasteiger partial charge in [-0.1, -0.05) is 6.07 Å². The summed E-state index contributed by atoms with van der Waals surface area (Å²) in [6, 6.07) is 6.98. The molecule has 1 heterocycles. The summed E-state index contributed by atoms with van der Waals surface area (Å²) in [5.74, 6) is 0. The van der Waals surface area contributed by atoms with Crippen molar-refractivity contribution in [3.63, 3.8) is 0 Å². The molecule has 5 heteroatoms. The Labute approximate surface area is 96.3 Å². The van der Waals surface area contributed by atoms with Crippen LogP contribution in [0.5, 0.6) is 0 Å². The lowest BCUT2D eigenvalue weighted by molar-refractivity contribution is -0.136. The third kappa shape index (κ3) is 2.79. The lowest BCUT2D eigenvalue weighted by atomic mass is 10.2. The zero-order valence-corrected chi connectivity index (χ0v) is 9.04. The lowest BCUT2D eigenvalue weighted by Crippen LogP contribution is -2.11. The fourth-order valence-corrected chi connectivity index (χ4v) is 1.79. The van der Waals surface area contributed by atoms with Crippen LogP contribution in [-0.2, 0) is 13.2 Å². The SMILES string of the molecule is OCc1ccc2c(ccn2CCC(F)(F)F)c1. The first-order valence-electron chi connectivity index (χ1n) is 5.25. The normalized spacial score (nSPS) is 12.2. The number of fused-ring (bicyclic) bond motifs is 1. The highest BCUT2D eigenvalue weighted by atomic mass is 19.4. The second-order valence-corrected chi connectivity index (χ2v) is 3.93. The van der Waals surface area contributed by atoms with E-state index in [0.717, 1.165) is 16.5 Å². The molecule has 1 aromatic heterocycles. The van der Waals surface area contributed by atoms with Crippen molar-refractivity contribution in [3.05, 3.63) is 36.0 Å². The van der Waals surface area contributed by atoms with E-state index >= 15 is 0 Å². The summed E-state index contributed by atoms with van der Waals surface area (Å²) >= 11 is 0. The molecule has 0 fully saturated rings. The first-order chi connectivity index (χ1) is 7.99. The zero-order valence-electron chi connectivity index (χ0n) is 9.04. The van der Waals surface area contributed by atoms with E-state index in [0.29, 0.717) is 0 Å². The van der Waals surface area contributed by atoms with Crippen LogP contribution in [0.25, 0.3) is 10.9 Å². The number of aryl methyl sites for hydroxylation is 1. The molecular weight excluding hydrogens is 231 g/mol. The highest BCUT2D eigenvalue weighted by Crippen LogP contribution is 2.23. The van der Waals surface area contributed by atoms with Gasteiger partial charge in [0.1, 0.15) is 0 Å². The molecule has 1 aromatic carbocycles. The van der Waals surface area contributed by atoms with E-state index in [1.165, 1.54) is 0 Å². The molecule has 2 aromatic rings. The van der Waals surface area contributed by atoms with Crippen molar-refractivity contribution in [2.24, 2.45) is 0 Å². The van der Waals surface area contributed by atoms with Gasteiger partial charge in [-0.15, -0.1) is 0 Å². The van der Waals surface area contributed by atoms with Gasteiger partial charge in [-0.25, -0.2) is 0 Å². The maximum atomic E-state index is 12.1. The molecule has 0 atom stereocenters. The highest BCUT2D eigenvalue weighted by molar-refractivity contribution is 5.80. The van der Waals surface area contributed by atoms with Crippen LogP contribution in [0.3, 0.4) is 0 Å². The van der Waals surface area contributed by atoms with Gasteiger partial charge in [-0.3, -0.25) is 0 Å². The molecular formula is C12H12F3NO. The molecule has 0 aliphatic heterocycles. The number of halogens is 3. The number of aromatic nitrogens is 1. The minimum atomic E-state index is -4.14. The van der Waals surface area contributed by atoms with Crippen LogP contribution in [0.15, 0.2) is 30.5 Å². The van der Waals surface area contributed by atoms with Gasteiger partial charge in [-0.2, -0.15) is 13.2 Å². The number of benzene rings is 1. The monoisotopic (exact) mass is 243 g/mol. The fraction of sp³-hybridized carbons (Fsp3) is 0.333. The third-order valence-electron chi connectivity index (χ3n) is 2.65. The minimum Gasteiger partial charge on any atom is -0.392 e. The van der Waals surface area contributed by atoms with E-state index in [-0.39, 0.29) is 13.2 Å². The summed E-state index contributed by atoms with van der Waals surface area (Å²) in [5.41, 5.74) is 1.51. The Bertz CT molecular complexity index is 516. The molecule has 0 unspecified atom stereocenters. The molecule has 0 aliphatic rings. The molecule has 0 amide bonds. The van der Waals surface area contributed by atoms with Crippen LogP contribution in [0.1, 0.15) is 12.0 Å². The summed E-state index contributed by atoms with van der Waals surface area (Å²) in [6.45, 7) is -0.144. The Hall–Kier alpha value is -1.49. The Morgan fingerprint density at radius 3 is 2.59 bits per heavy atom. The summed E-state index contributed by atoms with van der Waals surface area (Å²) in [6.07, 6.45) is -3.34. The molecule has 0 saturated heterocycles. The van der Waals surface area contributed by atoms with Crippen molar-refractivity contribution in [1.29, 1.82) is 0 Å². The molecule has 92 valence electrons. The van der Waals surface area contributed by atoms with Gasteiger partial charge in [0.2, 0.25) is 0 Å². The Balaban J connectivity index is 2.24. The molecule has 0 saturated carbocycles. The summed E-state index contributed by atoms with van der Waals surface area (Å²) < 4.78 is 37.9. The van der Waals surface area contributed by atoms with Crippen LogP contribution in [0.4, 0.5) is 13.2 Å². The number of hydrogen-bond acceptors (Lipinski definition) is 1. The van der Waals surface area contributed by atoms with E-state index in [4.69, 9.17) is 5.11 Å². The van der Waals surface area contributed by atoms with Crippen LogP contribution in [0.2, 0.25) is 0 Å². The Kier molecular flexibility index (Phi) is 3.11. The van der Waals surface area contributed by atoms with Crippen LogP contribution >= 0.6 is 0 Å². The van der Waals surface area contributed by atoms with Gasteiger partial charge in [0, 0.05) is 18.3 Å². The first-order valence-corrected chi connectivity index (χ1v) is 5.25. The number of alkyl halides is 3. The average molecular weight is 243 g/mol. The predicted molar refractivity (Wildman–Crippen MR) is 58.5 cm³/mol. The predicted octanol–water partition coefficient (Wildman–Crippen LogP) is 3.09. The number of nitrogens with zero attached hydrogens (tertiary/aromatic N) is 1. The summed E-state index contributed by atoms with van der Waals surface area (Å²) in [5, 5.41) is 9.80.